The quantitative estimate of drug-likeness (QED) is 0.885. The van der Waals surface area contributed by atoms with Gasteiger partial charge in [0.25, 0.3) is 0 Å². The van der Waals surface area contributed by atoms with Crippen LogP contribution in [-0.4, -0.2) is 20.3 Å². The maximum Gasteiger partial charge on any atom is 0.346 e. The number of fused-ring (bicyclic) bond motifs is 1. The number of aryl methyl sites for hydroxylation is 1. The fraction of sp³-hybridized carbons (Fsp3) is 0.400. The van der Waals surface area contributed by atoms with Crippen molar-refractivity contribution in [2.24, 2.45) is 0 Å². The minimum Gasteiger partial charge on any atom is -0.322 e. The van der Waals surface area contributed by atoms with Crippen molar-refractivity contribution in [3.8, 4) is 0 Å². The fourth-order valence-corrected chi connectivity index (χ4v) is 2.98. The molecule has 0 bridgehead atoms. The molecule has 122 valence electrons. The maximum atomic E-state index is 13.7. The zero-order valence-electron chi connectivity index (χ0n) is 12.4. The van der Waals surface area contributed by atoms with E-state index in [-0.39, 0.29) is 17.9 Å². The van der Waals surface area contributed by atoms with Crippen LogP contribution in [-0.2, 0) is 24.3 Å². The second-order valence-corrected chi connectivity index (χ2v) is 6.41. The van der Waals surface area contributed by atoms with Gasteiger partial charge in [-0.05, 0) is 31.0 Å². The van der Waals surface area contributed by atoms with Crippen LogP contribution in [0.15, 0.2) is 27.5 Å². The van der Waals surface area contributed by atoms with Gasteiger partial charge in [-0.3, -0.25) is 9.36 Å². The molecule has 0 spiro atoms. The molecule has 1 N–H and O–H groups in total. The Morgan fingerprint density at radius 1 is 1.35 bits per heavy atom. The van der Waals surface area contributed by atoms with E-state index in [0.717, 1.165) is 36.2 Å². The third kappa shape index (κ3) is 3.52. The number of hydrogen-bond donors (Lipinski definition) is 1. The van der Waals surface area contributed by atoms with E-state index < -0.39 is 11.7 Å². The summed E-state index contributed by atoms with van der Waals surface area (Å²) in [6.45, 7) is 0.408. The van der Waals surface area contributed by atoms with E-state index in [4.69, 9.17) is 0 Å². The molecule has 23 heavy (non-hydrogen) atoms. The molecule has 0 saturated carbocycles. The number of hydrogen-bond acceptors (Lipinski definition) is 3. The van der Waals surface area contributed by atoms with Gasteiger partial charge < -0.3 is 5.32 Å². The van der Waals surface area contributed by atoms with Crippen LogP contribution >= 0.6 is 15.9 Å². The first-order chi connectivity index (χ1) is 11.0. The predicted octanol–water partition coefficient (Wildman–Crippen LogP) is 2.31. The molecular weight excluding hydrogens is 367 g/mol. The highest BCUT2D eigenvalue weighted by atomic mass is 79.9. The standard InChI is InChI=1S/C15H16BrFN4O2/c16-10-5-6-12(11(17)8-10)18-14(22)9-21-15(23)20-7-3-1-2-4-13(20)19-21/h5-6,8H,1-4,7,9H2,(H,18,22). The molecule has 8 heteroatoms. The molecular formula is C15H16BrFN4O2. The van der Waals surface area contributed by atoms with E-state index in [1.165, 1.54) is 12.1 Å². The Hall–Kier alpha value is -1.96. The lowest BCUT2D eigenvalue weighted by molar-refractivity contribution is -0.117. The van der Waals surface area contributed by atoms with Crippen molar-refractivity contribution in [3.05, 3.63) is 44.8 Å². The molecule has 0 radical (unpaired) electrons. The Morgan fingerprint density at radius 2 is 2.17 bits per heavy atom. The predicted molar refractivity (Wildman–Crippen MR) is 86.8 cm³/mol. The van der Waals surface area contributed by atoms with Crippen molar-refractivity contribution in [2.45, 2.75) is 38.8 Å². The first kappa shape index (κ1) is 15.9. The van der Waals surface area contributed by atoms with E-state index in [2.05, 4.69) is 26.3 Å². The van der Waals surface area contributed by atoms with Gasteiger partial charge in [0.05, 0.1) is 5.69 Å². The highest BCUT2D eigenvalue weighted by Crippen LogP contribution is 2.19. The number of nitrogens with one attached hydrogen (secondary N) is 1. The molecule has 1 aliphatic heterocycles. The molecule has 0 atom stereocenters. The van der Waals surface area contributed by atoms with Crippen molar-refractivity contribution < 1.29 is 9.18 Å². The third-order valence-corrected chi connectivity index (χ3v) is 4.27. The Kier molecular flexibility index (Phi) is 4.61. The smallest absolute Gasteiger partial charge is 0.322 e. The van der Waals surface area contributed by atoms with E-state index >= 15 is 0 Å². The SMILES string of the molecule is O=C(Cn1nc2n(c1=O)CCCCC2)Nc1ccc(Br)cc1F. The number of halogens is 2. The highest BCUT2D eigenvalue weighted by Gasteiger charge is 2.17. The molecule has 0 aliphatic carbocycles. The normalized spacial score (nSPS) is 14.2. The Balaban J connectivity index is 1.74. The molecule has 6 nitrogen and oxygen atoms in total. The topological polar surface area (TPSA) is 68.9 Å². The number of benzene rings is 1. The number of anilines is 1. The zero-order chi connectivity index (χ0) is 16.4. The summed E-state index contributed by atoms with van der Waals surface area (Å²) in [4.78, 5) is 24.3. The first-order valence-corrected chi connectivity index (χ1v) is 8.25. The summed E-state index contributed by atoms with van der Waals surface area (Å²) < 4.78 is 17.1. The van der Waals surface area contributed by atoms with Gasteiger partial charge in [-0.1, -0.05) is 22.4 Å². The van der Waals surface area contributed by atoms with Crippen LogP contribution in [0, 0.1) is 5.82 Å². The minimum atomic E-state index is -0.541. The van der Waals surface area contributed by atoms with Crippen LogP contribution in [0.4, 0.5) is 10.1 Å². The molecule has 3 rings (SSSR count). The number of carbonyl (C=O) groups is 1. The molecule has 0 unspecified atom stereocenters. The molecule has 1 aliphatic rings. The van der Waals surface area contributed by atoms with Gasteiger partial charge >= 0.3 is 5.69 Å². The Labute approximate surface area is 140 Å². The number of rotatable bonds is 3. The van der Waals surface area contributed by atoms with E-state index in [1.54, 1.807) is 10.6 Å². The molecule has 1 amide bonds. The largest absolute Gasteiger partial charge is 0.346 e. The van der Waals surface area contributed by atoms with Crippen LogP contribution in [0.25, 0.3) is 0 Å². The Bertz CT molecular complexity index is 799. The monoisotopic (exact) mass is 382 g/mol. The summed E-state index contributed by atoms with van der Waals surface area (Å²) in [6.07, 6.45) is 3.75. The summed E-state index contributed by atoms with van der Waals surface area (Å²) in [6, 6.07) is 4.35. The van der Waals surface area contributed by atoms with Crippen molar-refractivity contribution in [1.29, 1.82) is 0 Å². The lowest BCUT2D eigenvalue weighted by atomic mass is 10.2. The molecule has 0 fully saturated rings. The van der Waals surface area contributed by atoms with Gasteiger partial charge in [0.1, 0.15) is 18.2 Å². The summed E-state index contributed by atoms with van der Waals surface area (Å²) in [7, 11) is 0. The summed E-state index contributed by atoms with van der Waals surface area (Å²) in [5.41, 5.74) is -0.208. The molecule has 1 aromatic carbocycles. The van der Waals surface area contributed by atoms with Crippen LogP contribution in [0.3, 0.4) is 0 Å². The average molecular weight is 383 g/mol. The van der Waals surface area contributed by atoms with Crippen LogP contribution in [0.1, 0.15) is 25.1 Å². The van der Waals surface area contributed by atoms with Crippen LogP contribution < -0.4 is 11.0 Å². The lowest BCUT2D eigenvalue weighted by Crippen LogP contribution is -2.30. The van der Waals surface area contributed by atoms with Crippen molar-refractivity contribution in [1.82, 2.24) is 14.3 Å². The summed E-state index contributed by atoms with van der Waals surface area (Å²) in [5.74, 6) is -0.308. The van der Waals surface area contributed by atoms with Crippen molar-refractivity contribution >= 4 is 27.5 Å². The van der Waals surface area contributed by atoms with Crippen molar-refractivity contribution in [3.63, 3.8) is 0 Å². The third-order valence-electron chi connectivity index (χ3n) is 3.78. The summed E-state index contributed by atoms with van der Waals surface area (Å²) >= 11 is 3.15. The molecule has 1 aromatic heterocycles. The second-order valence-electron chi connectivity index (χ2n) is 5.49. The minimum absolute atomic E-state index is 0.0759. The van der Waals surface area contributed by atoms with Crippen LogP contribution in [0.2, 0.25) is 0 Å². The summed E-state index contributed by atoms with van der Waals surface area (Å²) in [5, 5.41) is 6.70. The van der Waals surface area contributed by atoms with E-state index in [1.807, 2.05) is 0 Å². The fourth-order valence-electron chi connectivity index (χ4n) is 2.64. The number of nitrogens with zero attached hydrogens (tertiary/aromatic N) is 3. The molecule has 0 saturated heterocycles. The zero-order valence-corrected chi connectivity index (χ0v) is 14.0. The van der Waals surface area contributed by atoms with Gasteiger partial charge in [0, 0.05) is 17.4 Å². The van der Waals surface area contributed by atoms with Gasteiger partial charge in [0.2, 0.25) is 5.91 Å². The first-order valence-electron chi connectivity index (χ1n) is 7.46. The average Bonchev–Trinajstić information content (AvgIpc) is 2.68. The second kappa shape index (κ2) is 6.66. The highest BCUT2D eigenvalue weighted by molar-refractivity contribution is 9.10. The molecule has 2 heterocycles. The Morgan fingerprint density at radius 3 is 2.96 bits per heavy atom. The van der Waals surface area contributed by atoms with E-state index in [0.29, 0.717) is 11.0 Å². The number of aromatic nitrogens is 3. The van der Waals surface area contributed by atoms with Gasteiger partial charge in [-0.25, -0.2) is 13.9 Å². The number of amides is 1. The van der Waals surface area contributed by atoms with Crippen molar-refractivity contribution in [2.75, 3.05) is 5.32 Å². The van der Waals surface area contributed by atoms with Gasteiger partial charge in [0.15, 0.2) is 0 Å². The van der Waals surface area contributed by atoms with E-state index in [9.17, 15) is 14.0 Å². The van der Waals surface area contributed by atoms with Gasteiger partial charge in [-0.2, -0.15) is 5.10 Å². The molecule has 2 aromatic rings. The maximum absolute atomic E-state index is 13.7. The van der Waals surface area contributed by atoms with Gasteiger partial charge in [-0.15, -0.1) is 0 Å². The van der Waals surface area contributed by atoms with Crippen LogP contribution in [0.5, 0.6) is 0 Å². The number of carbonyl (C=O) groups excluding carboxylic acids is 1. The lowest BCUT2D eigenvalue weighted by Gasteiger charge is -2.06.